The van der Waals surface area contributed by atoms with Gasteiger partial charge in [0.05, 0.1) is 5.03 Å². The van der Waals surface area contributed by atoms with Crippen LogP contribution in [0.4, 0.5) is 9.52 Å². The molecule has 0 aliphatic carbocycles. The summed E-state index contributed by atoms with van der Waals surface area (Å²) in [6.07, 6.45) is 1.71. The lowest BCUT2D eigenvalue weighted by atomic mass is 10.1. The number of nitrogens with one attached hydrogen (secondary N) is 1. The van der Waals surface area contributed by atoms with Crippen LogP contribution in [0.5, 0.6) is 0 Å². The number of benzene rings is 2. The number of aromatic nitrogens is 3. The normalized spacial score (nSPS) is 11.8. The maximum atomic E-state index is 13.1. The molecule has 31 heavy (non-hydrogen) atoms. The van der Waals surface area contributed by atoms with Crippen molar-refractivity contribution in [1.82, 2.24) is 15.2 Å². The number of pyridine rings is 1. The van der Waals surface area contributed by atoms with E-state index in [1.807, 2.05) is 48.5 Å². The zero-order valence-electron chi connectivity index (χ0n) is 16.1. The quantitative estimate of drug-likeness (QED) is 0.259. The van der Waals surface area contributed by atoms with E-state index in [0.29, 0.717) is 10.9 Å². The molecule has 4 aromatic rings. The van der Waals surface area contributed by atoms with Crippen LogP contribution >= 0.6 is 34.9 Å². The molecule has 0 spiro atoms. The van der Waals surface area contributed by atoms with Crippen molar-refractivity contribution in [2.75, 3.05) is 5.32 Å². The Bertz CT molecular complexity index is 1120. The van der Waals surface area contributed by atoms with Gasteiger partial charge in [0.2, 0.25) is 11.0 Å². The minimum absolute atomic E-state index is 0.187. The molecule has 0 radical (unpaired) electrons. The number of hydrogen-bond acceptors (Lipinski definition) is 7. The third-order valence-corrected chi connectivity index (χ3v) is 7.38. The van der Waals surface area contributed by atoms with Crippen molar-refractivity contribution >= 4 is 45.9 Å². The van der Waals surface area contributed by atoms with Crippen molar-refractivity contribution in [1.29, 1.82) is 0 Å². The lowest BCUT2D eigenvalue weighted by molar-refractivity contribution is -0.115. The van der Waals surface area contributed by atoms with E-state index in [4.69, 9.17) is 0 Å². The second-order valence-electron chi connectivity index (χ2n) is 6.35. The minimum Gasteiger partial charge on any atom is -0.299 e. The van der Waals surface area contributed by atoms with Crippen molar-refractivity contribution in [3.63, 3.8) is 0 Å². The molecule has 9 heteroatoms. The van der Waals surface area contributed by atoms with Gasteiger partial charge in [-0.1, -0.05) is 83.4 Å². The van der Waals surface area contributed by atoms with Gasteiger partial charge in [-0.25, -0.2) is 9.37 Å². The van der Waals surface area contributed by atoms with Crippen LogP contribution in [-0.4, -0.2) is 21.1 Å². The molecule has 156 valence electrons. The Balaban J connectivity index is 1.43. The van der Waals surface area contributed by atoms with Gasteiger partial charge >= 0.3 is 0 Å². The van der Waals surface area contributed by atoms with Crippen molar-refractivity contribution in [2.24, 2.45) is 0 Å². The van der Waals surface area contributed by atoms with Crippen molar-refractivity contribution in [3.05, 3.63) is 95.9 Å². The average molecular weight is 469 g/mol. The van der Waals surface area contributed by atoms with Gasteiger partial charge in [0.1, 0.15) is 11.1 Å². The first-order chi connectivity index (χ1) is 15.2. The first kappa shape index (κ1) is 21.5. The maximum Gasteiger partial charge on any atom is 0.244 e. The largest absolute Gasteiger partial charge is 0.299 e. The first-order valence-electron chi connectivity index (χ1n) is 9.31. The summed E-state index contributed by atoms with van der Waals surface area (Å²) in [4.78, 5) is 17.4. The second kappa shape index (κ2) is 10.5. The Morgan fingerprint density at radius 2 is 1.77 bits per heavy atom. The first-order valence-corrected chi connectivity index (χ1v) is 12.0. The van der Waals surface area contributed by atoms with Gasteiger partial charge in [-0.05, 0) is 35.4 Å². The molecule has 0 unspecified atom stereocenters. The minimum atomic E-state index is -0.477. The second-order valence-corrected chi connectivity index (χ2v) is 9.68. The number of hydrogen-bond donors (Lipinski definition) is 1. The predicted molar refractivity (Wildman–Crippen MR) is 124 cm³/mol. The molecule has 1 N–H and O–H groups in total. The van der Waals surface area contributed by atoms with Crippen LogP contribution in [0.3, 0.4) is 0 Å². The number of carbonyl (C=O) groups is 1. The SMILES string of the molecule is O=C(Nc1nnc(SCc2ccc(F)cc2)s1)[C@H](Sc1ccccn1)c1ccccc1. The summed E-state index contributed by atoms with van der Waals surface area (Å²) in [5.41, 5.74) is 1.87. The van der Waals surface area contributed by atoms with E-state index in [-0.39, 0.29) is 11.7 Å². The van der Waals surface area contributed by atoms with Gasteiger partial charge in [0.25, 0.3) is 0 Å². The molecule has 0 aliphatic heterocycles. The van der Waals surface area contributed by atoms with Gasteiger partial charge < -0.3 is 0 Å². The highest BCUT2D eigenvalue weighted by molar-refractivity contribution is 8.00. The van der Waals surface area contributed by atoms with Crippen LogP contribution in [0.2, 0.25) is 0 Å². The molecule has 4 rings (SSSR count). The Morgan fingerprint density at radius 3 is 2.52 bits per heavy atom. The van der Waals surface area contributed by atoms with Crippen molar-refractivity contribution in [2.45, 2.75) is 20.4 Å². The van der Waals surface area contributed by atoms with E-state index < -0.39 is 5.25 Å². The number of anilines is 1. The van der Waals surface area contributed by atoms with Crippen molar-refractivity contribution < 1.29 is 9.18 Å². The molecule has 0 saturated heterocycles. The zero-order valence-corrected chi connectivity index (χ0v) is 18.6. The van der Waals surface area contributed by atoms with E-state index in [0.717, 1.165) is 20.5 Å². The molecule has 0 bridgehead atoms. The van der Waals surface area contributed by atoms with E-state index in [1.54, 1.807) is 18.3 Å². The van der Waals surface area contributed by atoms with E-state index in [9.17, 15) is 9.18 Å². The fourth-order valence-electron chi connectivity index (χ4n) is 2.65. The van der Waals surface area contributed by atoms with Crippen LogP contribution in [0.25, 0.3) is 0 Å². The van der Waals surface area contributed by atoms with E-state index in [2.05, 4.69) is 20.5 Å². The van der Waals surface area contributed by atoms with Crippen LogP contribution in [0, 0.1) is 5.82 Å². The molecular weight excluding hydrogens is 451 g/mol. The van der Waals surface area contributed by atoms with Gasteiger partial charge in [-0.2, -0.15) is 0 Å². The maximum absolute atomic E-state index is 13.1. The highest BCUT2D eigenvalue weighted by Crippen LogP contribution is 2.36. The Morgan fingerprint density at radius 1 is 1.00 bits per heavy atom. The number of rotatable bonds is 8. The Labute approximate surface area is 191 Å². The van der Waals surface area contributed by atoms with Crippen LogP contribution < -0.4 is 5.32 Å². The third-order valence-electron chi connectivity index (χ3n) is 4.13. The number of nitrogens with zero attached hydrogens (tertiary/aromatic N) is 3. The smallest absolute Gasteiger partial charge is 0.244 e. The molecule has 0 saturated carbocycles. The Kier molecular flexibility index (Phi) is 7.29. The number of thioether (sulfide) groups is 2. The number of halogens is 1. The summed E-state index contributed by atoms with van der Waals surface area (Å²) < 4.78 is 13.8. The molecule has 2 aromatic carbocycles. The molecule has 1 amide bonds. The van der Waals surface area contributed by atoms with Crippen molar-refractivity contribution in [3.8, 4) is 0 Å². The van der Waals surface area contributed by atoms with Gasteiger partial charge in [0, 0.05) is 11.9 Å². The van der Waals surface area contributed by atoms with E-state index >= 15 is 0 Å². The molecule has 0 fully saturated rings. The molecular formula is C22H17FN4OS3. The van der Waals surface area contributed by atoms with E-state index in [1.165, 1.54) is 47.0 Å². The average Bonchev–Trinajstić information content (AvgIpc) is 3.25. The van der Waals surface area contributed by atoms with Crippen LogP contribution in [0.15, 0.2) is 88.4 Å². The summed E-state index contributed by atoms with van der Waals surface area (Å²) in [5, 5.41) is 11.8. The fraction of sp³-hybridized carbons (Fsp3) is 0.0909. The molecule has 2 heterocycles. The molecule has 1 atom stereocenters. The number of amides is 1. The molecule has 2 aromatic heterocycles. The third kappa shape index (κ3) is 6.13. The van der Waals surface area contributed by atoms with Crippen LogP contribution in [-0.2, 0) is 10.5 Å². The summed E-state index contributed by atoms with van der Waals surface area (Å²) in [7, 11) is 0. The summed E-state index contributed by atoms with van der Waals surface area (Å²) in [6, 6.07) is 21.5. The monoisotopic (exact) mass is 468 g/mol. The number of carbonyl (C=O) groups excluding carboxylic acids is 1. The lowest BCUT2D eigenvalue weighted by Crippen LogP contribution is -2.19. The zero-order chi connectivity index (χ0) is 21.5. The summed E-state index contributed by atoms with van der Waals surface area (Å²) in [5.74, 6) is 0.199. The fourth-order valence-corrected chi connectivity index (χ4v) is 5.34. The van der Waals surface area contributed by atoms with Crippen LogP contribution in [0.1, 0.15) is 16.4 Å². The molecule has 5 nitrogen and oxygen atoms in total. The van der Waals surface area contributed by atoms with Gasteiger partial charge in [-0.3, -0.25) is 10.1 Å². The predicted octanol–water partition coefficient (Wildman–Crippen LogP) is 5.84. The van der Waals surface area contributed by atoms with Gasteiger partial charge in [-0.15, -0.1) is 10.2 Å². The highest BCUT2D eigenvalue weighted by atomic mass is 32.2. The standard InChI is InChI=1S/C22H17FN4OS3/c23-17-11-9-15(10-12-17)14-29-22-27-26-21(31-22)25-20(28)19(16-6-2-1-3-7-16)30-18-8-4-5-13-24-18/h1-13,19H,14H2,(H,25,26,28)/t19-/m1/s1. The molecule has 0 aliphatic rings. The topological polar surface area (TPSA) is 67.8 Å². The van der Waals surface area contributed by atoms with Gasteiger partial charge in [0.15, 0.2) is 4.34 Å². The lowest BCUT2D eigenvalue weighted by Gasteiger charge is -2.15. The summed E-state index contributed by atoms with van der Waals surface area (Å²) >= 11 is 4.19. The summed E-state index contributed by atoms with van der Waals surface area (Å²) in [6.45, 7) is 0. The highest BCUT2D eigenvalue weighted by Gasteiger charge is 2.24. The Hall–Kier alpha value is -2.75.